The third-order valence-electron chi connectivity index (χ3n) is 3.17. The summed E-state index contributed by atoms with van der Waals surface area (Å²) in [6.07, 6.45) is 11.0. The van der Waals surface area contributed by atoms with Crippen LogP contribution in [0.1, 0.15) is 45.1 Å². The molecule has 0 aliphatic carbocycles. The van der Waals surface area contributed by atoms with Gasteiger partial charge in [0.1, 0.15) is 6.20 Å². The maximum Gasteiger partial charge on any atom is 0.381 e. The summed E-state index contributed by atoms with van der Waals surface area (Å²) in [5.41, 5.74) is 0. The molecule has 1 rings (SSSR count). The van der Waals surface area contributed by atoms with Gasteiger partial charge in [0.15, 0.2) is 0 Å². The SMILES string of the molecule is CCCCCCC(/C=C/C(=O)OC)n1cnc([N+](=O)[O-])c1. The Balaban J connectivity index is 2.76. The lowest BCUT2D eigenvalue weighted by atomic mass is 10.1. The third kappa shape index (κ3) is 5.76. The van der Waals surface area contributed by atoms with Crippen LogP contribution in [0.15, 0.2) is 24.7 Å². The molecular weight excluding hydrogens is 274 g/mol. The molecule has 0 saturated carbocycles. The van der Waals surface area contributed by atoms with Gasteiger partial charge < -0.3 is 19.4 Å². The molecule has 116 valence electrons. The van der Waals surface area contributed by atoms with Gasteiger partial charge in [-0.2, -0.15) is 0 Å². The van der Waals surface area contributed by atoms with Gasteiger partial charge in [-0.15, -0.1) is 0 Å². The summed E-state index contributed by atoms with van der Waals surface area (Å²) >= 11 is 0. The Kier molecular flexibility index (Phi) is 7.14. The van der Waals surface area contributed by atoms with Crippen LogP contribution >= 0.6 is 0 Å². The number of aromatic nitrogens is 2. The van der Waals surface area contributed by atoms with Crippen molar-refractivity contribution in [2.75, 3.05) is 7.11 Å². The molecular formula is C14H21N3O4. The second kappa shape index (κ2) is 8.89. The molecule has 0 aromatic carbocycles. The number of nitrogens with zero attached hydrogens (tertiary/aromatic N) is 3. The molecule has 7 heteroatoms. The number of allylic oxidation sites excluding steroid dienone is 1. The highest BCUT2D eigenvalue weighted by Crippen LogP contribution is 2.20. The molecule has 1 aromatic heterocycles. The number of hydrogen-bond acceptors (Lipinski definition) is 5. The molecule has 0 amide bonds. The van der Waals surface area contributed by atoms with E-state index in [1.165, 1.54) is 25.7 Å². The fourth-order valence-corrected chi connectivity index (χ4v) is 1.98. The molecule has 0 saturated heterocycles. The zero-order chi connectivity index (χ0) is 15.7. The molecule has 1 aromatic rings. The molecule has 1 heterocycles. The Morgan fingerprint density at radius 2 is 2.29 bits per heavy atom. The van der Waals surface area contributed by atoms with E-state index in [2.05, 4.69) is 16.6 Å². The van der Waals surface area contributed by atoms with E-state index in [9.17, 15) is 14.9 Å². The van der Waals surface area contributed by atoms with Crippen molar-refractivity contribution in [1.82, 2.24) is 9.55 Å². The minimum Gasteiger partial charge on any atom is -0.466 e. The Bertz CT molecular complexity index is 496. The van der Waals surface area contributed by atoms with Crippen molar-refractivity contribution in [3.05, 3.63) is 34.8 Å². The van der Waals surface area contributed by atoms with Crippen LogP contribution in [0.4, 0.5) is 5.82 Å². The topological polar surface area (TPSA) is 87.3 Å². The highest BCUT2D eigenvalue weighted by atomic mass is 16.6. The molecule has 1 atom stereocenters. The lowest BCUT2D eigenvalue weighted by molar-refractivity contribution is -0.389. The molecule has 0 radical (unpaired) electrons. The Hall–Kier alpha value is -2.18. The molecule has 0 aliphatic heterocycles. The molecule has 0 N–H and O–H groups in total. The van der Waals surface area contributed by atoms with Crippen LogP contribution in [0.3, 0.4) is 0 Å². The van der Waals surface area contributed by atoms with Crippen molar-refractivity contribution in [3.63, 3.8) is 0 Å². The molecule has 0 fully saturated rings. The van der Waals surface area contributed by atoms with Crippen LogP contribution in [0.25, 0.3) is 0 Å². The Morgan fingerprint density at radius 3 is 2.86 bits per heavy atom. The van der Waals surface area contributed by atoms with Crippen molar-refractivity contribution < 1.29 is 14.5 Å². The van der Waals surface area contributed by atoms with E-state index in [1.807, 2.05) is 0 Å². The van der Waals surface area contributed by atoms with E-state index >= 15 is 0 Å². The first-order chi connectivity index (χ1) is 10.1. The van der Waals surface area contributed by atoms with Crippen LogP contribution in [0, 0.1) is 10.1 Å². The normalized spacial score (nSPS) is 12.5. The summed E-state index contributed by atoms with van der Waals surface area (Å²) in [7, 11) is 1.31. The first-order valence-corrected chi connectivity index (χ1v) is 7.02. The number of ether oxygens (including phenoxy) is 1. The van der Waals surface area contributed by atoms with E-state index in [0.717, 1.165) is 32.1 Å². The molecule has 0 bridgehead atoms. The van der Waals surface area contributed by atoms with Crippen LogP contribution < -0.4 is 0 Å². The lowest BCUT2D eigenvalue weighted by Crippen LogP contribution is -2.06. The zero-order valence-electron chi connectivity index (χ0n) is 12.4. The minimum atomic E-state index is -0.533. The molecule has 1 unspecified atom stereocenters. The first-order valence-electron chi connectivity index (χ1n) is 7.02. The number of methoxy groups -OCH3 is 1. The van der Waals surface area contributed by atoms with Gasteiger partial charge in [0.25, 0.3) is 0 Å². The fraction of sp³-hybridized carbons (Fsp3) is 0.571. The highest BCUT2D eigenvalue weighted by Gasteiger charge is 2.15. The average molecular weight is 295 g/mol. The predicted molar refractivity (Wildman–Crippen MR) is 77.8 cm³/mol. The van der Waals surface area contributed by atoms with Crippen molar-refractivity contribution >= 4 is 11.8 Å². The monoisotopic (exact) mass is 295 g/mol. The summed E-state index contributed by atoms with van der Waals surface area (Å²) < 4.78 is 6.22. The number of imidazole rings is 1. The Labute approximate surface area is 123 Å². The quantitative estimate of drug-likeness (QED) is 0.230. The van der Waals surface area contributed by atoms with Crippen molar-refractivity contribution in [3.8, 4) is 0 Å². The number of carbonyl (C=O) groups excluding carboxylic acids is 1. The van der Waals surface area contributed by atoms with Gasteiger partial charge in [0, 0.05) is 6.08 Å². The van der Waals surface area contributed by atoms with E-state index in [4.69, 9.17) is 0 Å². The van der Waals surface area contributed by atoms with E-state index < -0.39 is 10.9 Å². The number of nitro groups is 1. The molecule has 7 nitrogen and oxygen atoms in total. The highest BCUT2D eigenvalue weighted by molar-refractivity contribution is 5.81. The maximum atomic E-state index is 11.2. The largest absolute Gasteiger partial charge is 0.466 e. The number of esters is 1. The zero-order valence-corrected chi connectivity index (χ0v) is 12.4. The van der Waals surface area contributed by atoms with Gasteiger partial charge in [0.05, 0.1) is 13.2 Å². The summed E-state index contributed by atoms with van der Waals surface area (Å²) in [5.74, 6) is -0.636. The second-order valence-corrected chi connectivity index (χ2v) is 4.74. The van der Waals surface area contributed by atoms with E-state index in [-0.39, 0.29) is 11.9 Å². The van der Waals surface area contributed by atoms with Gasteiger partial charge in [-0.1, -0.05) is 38.7 Å². The van der Waals surface area contributed by atoms with Gasteiger partial charge in [-0.3, -0.25) is 0 Å². The van der Waals surface area contributed by atoms with Gasteiger partial charge in [-0.05, 0) is 16.3 Å². The summed E-state index contributed by atoms with van der Waals surface area (Å²) in [4.78, 5) is 25.1. The smallest absolute Gasteiger partial charge is 0.381 e. The van der Waals surface area contributed by atoms with Crippen molar-refractivity contribution in [2.24, 2.45) is 0 Å². The maximum absolute atomic E-state index is 11.2. The Morgan fingerprint density at radius 1 is 1.52 bits per heavy atom. The standard InChI is InChI=1S/C14H21N3O4/c1-3-4-5-6-7-12(8-9-14(18)21-2)16-10-13(15-11-16)17(19)20/h8-12H,3-7H2,1-2H3/b9-8+. The molecule has 0 spiro atoms. The van der Waals surface area contributed by atoms with Crippen molar-refractivity contribution in [1.29, 1.82) is 0 Å². The van der Waals surface area contributed by atoms with Crippen LogP contribution in [0.5, 0.6) is 0 Å². The molecule has 0 aliphatic rings. The third-order valence-corrected chi connectivity index (χ3v) is 3.17. The first kappa shape index (κ1) is 16.9. The molecule has 21 heavy (non-hydrogen) atoms. The number of rotatable bonds is 9. The van der Waals surface area contributed by atoms with Crippen LogP contribution in [-0.2, 0) is 9.53 Å². The van der Waals surface area contributed by atoms with Gasteiger partial charge >= 0.3 is 11.8 Å². The van der Waals surface area contributed by atoms with Gasteiger partial charge in [-0.25, -0.2) is 4.79 Å². The van der Waals surface area contributed by atoms with E-state index in [0.29, 0.717) is 0 Å². The van der Waals surface area contributed by atoms with Gasteiger partial charge in [0.2, 0.25) is 6.33 Å². The second-order valence-electron chi connectivity index (χ2n) is 4.74. The predicted octanol–water partition coefficient (Wildman–Crippen LogP) is 3.03. The number of carbonyl (C=O) groups is 1. The summed E-state index contributed by atoms with van der Waals surface area (Å²) in [6.45, 7) is 2.13. The van der Waals surface area contributed by atoms with E-state index in [1.54, 1.807) is 10.6 Å². The summed E-state index contributed by atoms with van der Waals surface area (Å²) in [5, 5.41) is 10.7. The summed E-state index contributed by atoms with van der Waals surface area (Å²) in [6, 6.07) is -0.137. The lowest BCUT2D eigenvalue weighted by Gasteiger charge is -2.12. The van der Waals surface area contributed by atoms with Crippen LogP contribution in [0.2, 0.25) is 0 Å². The number of unbranched alkanes of at least 4 members (excludes halogenated alkanes) is 3. The fourth-order valence-electron chi connectivity index (χ4n) is 1.98. The number of hydrogen-bond donors (Lipinski definition) is 0. The van der Waals surface area contributed by atoms with Crippen molar-refractivity contribution in [2.45, 2.75) is 45.1 Å². The minimum absolute atomic E-state index is 0.137. The van der Waals surface area contributed by atoms with Crippen LogP contribution in [-0.4, -0.2) is 27.6 Å². The average Bonchev–Trinajstić information content (AvgIpc) is 2.96.